The third-order valence-electron chi connectivity index (χ3n) is 4.31. The molecule has 0 aliphatic rings. The highest BCUT2D eigenvalue weighted by molar-refractivity contribution is 5.96. The molecule has 2 amide bonds. The van der Waals surface area contributed by atoms with E-state index >= 15 is 0 Å². The Morgan fingerprint density at radius 3 is 2.23 bits per heavy atom. The second-order valence-electron chi connectivity index (χ2n) is 6.50. The van der Waals surface area contributed by atoms with Gasteiger partial charge in [-0.05, 0) is 23.8 Å². The largest absolute Gasteiger partial charge is 0.453 e. The average Bonchev–Trinajstić information content (AvgIpc) is 2.63. The molecule has 0 aliphatic carbocycles. The number of ether oxygens (including phenoxy) is 1. The minimum Gasteiger partial charge on any atom is -0.453 e. The Morgan fingerprint density at radius 1 is 1.04 bits per heavy atom. The third kappa shape index (κ3) is 4.51. The summed E-state index contributed by atoms with van der Waals surface area (Å²) < 4.78 is 4.58. The molecule has 0 aromatic heterocycles. The van der Waals surface area contributed by atoms with Crippen LogP contribution in [0.3, 0.4) is 0 Å². The Bertz CT molecular complexity index is 785. The van der Waals surface area contributed by atoms with E-state index in [1.165, 1.54) is 7.11 Å². The van der Waals surface area contributed by atoms with Gasteiger partial charge in [0.25, 0.3) is 0 Å². The van der Waals surface area contributed by atoms with Gasteiger partial charge < -0.3 is 10.1 Å². The first-order valence-corrected chi connectivity index (χ1v) is 8.32. The zero-order chi connectivity index (χ0) is 19.2. The molecular formula is C21H24N2O3. The molecule has 0 bridgehead atoms. The van der Waals surface area contributed by atoms with E-state index in [4.69, 9.17) is 0 Å². The Balaban J connectivity index is 2.18. The summed E-state index contributed by atoms with van der Waals surface area (Å²) in [7, 11) is 1.29. The van der Waals surface area contributed by atoms with E-state index in [2.05, 4.69) is 21.9 Å². The number of carbonyl (C=O) groups excluding carboxylic acids is 2. The third-order valence-corrected chi connectivity index (χ3v) is 4.31. The molecular weight excluding hydrogens is 328 g/mol. The molecule has 136 valence electrons. The Kier molecular flexibility index (Phi) is 6.17. The fourth-order valence-electron chi connectivity index (χ4n) is 2.78. The van der Waals surface area contributed by atoms with Crippen LogP contribution in [0.15, 0.2) is 67.3 Å². The maximum Gasteiger partial charge on any atom is 0.411 e. The lowest BCUT2D eigenvalue weighted by molar-refractivity contribution is -0.124. The lowest BCUT2D eigenvalue weighted by atomic mass is 9.74. The lowest BCUT2D eigenvalue weighted by Gasteiger charge is -2.31. The number of anilines is 2. The standard InChI is InChI=1S/C21H24N2O3/c1-5-18(15-10-7-6-8-11-15)21(2,3)19(24)22-16-12-9-13-17(14-16)23-20(25)26-4/h5-14,18H,1H2,2-4H3,(H,22,24)(H,23,25). The van der Waals surface area contributed by atoms with Crippen molar-refractivity contribution in [2.24, 2.45) is 5.41 Å². The molecule has 0 aliphatic heterocycles. The molecule has 2 rings (SSSR count). The van der Waals surface area contributed by atoms with Crippen LogP contribution >= 0.6 is 0 Å². The Morgan fingerprint density at radius 2 is 1.65 bits per heavy atom. The highest BCUT2D eigenvalue weighted by atomic mass is 16.5. The second-order valence-corrected chi connectivity index (χ2v) is 6.50. The van der Waals surface area contributed by atoms with Crippen LogP contribution in [0, 0.1) is 5.41 Å². The molecule has 2 aromatic rings. The van der Waals surface area contributed by atoms with E-state index in [1.54, 1.807) is 30.3 Å². The summed E-state index contributed by atoms with van der Waals surface area (Å²) in [5, 5.41) is 5.49. The molecule has 0 spiro atoms. The number of rotatable bonds is 6. The van der Waals surface area contributed by atoms with Crippen LogP contribution in [0.5, 0.6) is 0 Å². The number of hydrogen-bond acceptors (Lipinski definition) is 3. The number of methoxy groups -OCH3 is 1. The molecule has 5 nitrogen and oxygen atoms in total. The smallest absolute Gasteiger partial charge is 0.411 e. The molecule has 26 heavy (non-hydrogen) atoms. The Labute approximate surface area is 154 Å². The maximum absolute atomic E-state index is 12.9. The van der Waals surface area contributed by atoms with Crippen molar-refractivity contribution in [1.29, 1.82) is 0 Å². The first kappa shape index (κ1) is 19.2. The fraction of sp³-hybridized carbons (Fsp3) is 0.238. The van der Waals surface area contributed by atoms with E-state index < -0.39 is 11.5 Å². The van der Waals surface area contributed by atoms with Crippen molar-refractivity contribution < 1.29 is 14.3 Å². The number of nitrogens with one attached hydrogen (secondary N) is 2. The van der Waals surface area contributed by atoms with Gasteiger partial charge in [0.1, 0.15) is 0 Å². The monoisotopic (exact) mass is 352 g/mol. The summed E-state index contributed by atoms with van der Waals surface area (Å²) in [4.78, 5) is 24.3. The van der Waals surface area contributed by atoms with Crippen molar-refractivity contribution >= 4 is 23.4 Å². The molecule has 0 heterocycles. The van der Waals surface area contributed by atoms with E-state index in [-0.39, 0.29) is 11.8 Å². The number of benzene rings is 2. The zero-order valence-corrected chi connectivity index (χ0v) is 15.3. The van der Waals surface area contributed by atoms with Crippen LogP contribution in [0.1, 0.15) is 25.3 Å². The first-order valence-electron chi connectivity index (χ1n) is 8.32. The topological polar surface area (TPSA) is 67.4 Å². The van der Waals surface area contributed by atoms with Crippen LogP contribution in [0.25, 0.3) is 0 Å². The van der Waals surface area contributed by atoms with Crippen molar-refractivity contribution in [3.63, 3.8) is 0 Å². The number of allylic oxidation sites excluding steroid dienone is 1. The van der Waals surface area contributed by atoms with Crippen molar-refractivity contribution in [1.82, 2.24) is 0 Å². The summed E-state index contributed by atoms with van der Waals surface area (Å²) in [5.41, 5.74) is 1.45. The molecule has 0 fully saturated rings. The van der Waals surface area contributed by atoms with E-state index in [0.717, 1.165) is 5.56 Å². The van der Waals surface area contributed by atoms with Gasteiger partial charge >= 0.3 is 6.09 Å². The quantitative estimate of drug-likeness (QED) is 0.734. The molecule has 5 heteroatoms. The molecule has 0 saturated heterocycles. The van der Waals surface area contributed by atoms with Gasteiger partial charge in [0.15, 0.2) is 0 Å². The van der Waals surface area contributed by atoms with Gasteiger partial charge in [-0.3, -0.25) is 10.1 Å². The molecule has 2 aromatic carbocycles. The minimum absolute atomic E-state index is 0.138. The van der Waals surface area contributed by atoms with Crippen LogP contribution in [-0.2, 0) is 9.53 Å². The molecule has 2 N–H and O–H groups in total. The van der Waals surface area contributed by atoms with Gasteiger partial charge in [-0.2, -0.15) is 0 Å². The van der Waals surface area contributed by atoms with Crippen molar-refractivity contribution in [2.75, 3.05) is 17.7 Å². The maximum atomic E-state index is 12.9. The Hall–Kier alpha value is -3.08. The second kappa shape index (κ2) is 8.34. The highest BCUT2D eigenvalue weighted by Crippen LogP contribution is 2.37. The van der Waals surface area contributed by atoms with Crippen molar-refractivity contribution in [3.8, 4) is 0 Å². The highest BCUT2D eigenvalue weighted by Gasteiger charge is 2.36. The van der Waals surface area contributed by atoms with Gasteiger partial charge in [0.05, 0.1) is 12.5 Å². The fourth-order valence-corrected chi connectivity index (χ4v) is 2.78. The summed E-state index contributed by atoms with van der Waals surface area (Å²) in [6, 6.07) is 16.7. The summed E-state index contributed by atoms with van der Waals surface area (Å²) in [6.07, 6.45) is 1.23. The lowest BCUT2D eigenvalue weighted by Crippen LogP contribution is -2.35. The van der Waals surface area contributed by atoms with Gasteiger partial charge in [0, 0.05) is 17.3 Å². The zero-order valence-electron chi connectivity index (χ0n) is 15.3. The molecule has 0 radical (unpaired) electrons. The van der Waals surface area contributed by atoms with Gasteiger partial charge in [-0.1, -0.05) is 56.3 Å². The SMILES string of the molecule is C=CC(c1ccccc1)C(C)(C)C(=O)Nc1cccc(NC(=O)OC)c1. The van der Waals surface area contributed by atoms with Crippen molar-refractivity contribution in [3.05, 3.63) is 72.8 Å². The predicted molar refractivity (Wildman–Crippen MR) is 104 cm³/mol. The van der Waals surface area contributed by atoms with E-state index in [1.807, 2.05) is 44.2 Å². The summed E-state index contributed by atoms with van der Waals surface area (Å²) >= 11 is 0. The normalized spacial score (nSPS) is 12.0. The van der Waals surface area contributed by atoms with E-state index in [0.29, 0.717) is 11.4 Å². The molecule has 0 saturated carbocycles. The van der Waals surface area contributed by atoms with Crippen LogP contribution in [0.2, 0.25) is 0 Å². The molecule has 1 unspecified atom stereocenters. The predicted octanol–water partition coefficient (Wildman–Crippen LogP) is 4.80. The van der Waals surface area contributed by atoms with Crippen LogP contribution in [0.4, 0.5) is 16.2 Å². The number of carbonyl (C=O) groups is 2. The summed E-state index contributed by atoms with van der Waals surface area (Å²) in [6.45, 7) is 7.68. The van der Waals surface area contributed by atoms with Gasteiger partial charge in [-0.25, -0.2) is 4.79 Å². The first-order chi connectivity index (χ1) is 12.4. The van der Waals surface area contributed by atoms with Crippen LogP contribution < -0.4 is 10.6 Å². The van der Waals surface area contributed by atoms with Gasteiger partial charge in [0.2, 0.25) is 5.91 Å². The summed E-state index contributed by atoms with van der Waals surface area (Å²) in [5.74, 6) is -0.276. The van der Waals surface area contributed by atoms with Crippen LogP contribution in [-0.4, -0.2) is 19.1 Å². The van der Waals surface area contributed by atoms with E-state index in [9.17, 15) is 9.59 Å². The molecule has 1 atom stereocenters. The average molecular weight is 352 g/mol. The number of amides is 2. The van der Waals surface area contributed by atoms with Gasteiger partial charge in [-0.15, -0.1) is 6.58 Å². The number of hydrogen-bond donors (Lipinski definition) is 2. The van der Waals surface area contributed by atoms with Crippen molar-refractivity contribution in [2.45, 2.75) is 19.8 Å². The minimum atomic E-state index is -0.713.